The molecule has 0 radical (unpaired) electrons. The fourth-order valence-corrected chi connectivity index (χ4v) is 1.36. The summed E-state index contributed by atoms with van der Waals surface area (Å²) < 4.78 is 25.7. The van der Waals surface area contributed by atoms with Crippen LogP contribution < -0.4 is 10.6 Å². The highest BCUT2D eigenvalue weighted by Crippen LogP contribution is 2.13. The molecule has 0 aliphatic rings. The van der Waals surface area contributed by atoms with Gasteiger partial charge < -0.3 is 10.6 Å². The second-order valence-corrected chi connectivity index (χ2v) is 4.63. The molecule has 0 saturated heterocycles. The van der Waals surface area contributed by atoms with Gasteiger partial charge in [0.25, 0.3) is 0 Å². The summed E-state index contributed by atoms with van der Waals surface area (Å²) in [6, 6.07) is 2.94. The zero-order valence-corrected chi connectivity index (χ0v) is 10.8. The molecule has 0 spiro atoms. The van der Waals surface area contributed by atoms with Crippen molar-refractivity contribution in [3.8, 4) is 0 Å². The Hall–Kier alpha value is -1.65. The number of benzene rings is 1. The van der Waals surface area contributed by atoms with E-state index in [1.807, 2.05) is 13.8 Å². The topological polar surface area (TPSA) is 41.1 Å². The number of amides is 1. The Kier molecular flexibility index (Phi) is 5.07. The number of carbonyl (C=O) groups is 1. The van der Waals surface area contributed by atoms with E-state index in [1.165, 1.54) is 6.07 Å². The van der Waals surface area contributed by atoms with Gasteiger partial charge in [-0.25, -0.2) is 8.78 Å². The Labute approximate surface area is 106 Å². The molecule has 0 bridgehead atoms. The van der Waals surface area contributed by atoms with Crippen molar-refractivity contribution in [2.24, 2.45) is 5.92 Å². The van der Waals surface area contributed by atoms with Crippen LogP contribution in [0.4, 0.5) is 14.5 Å². The molecule has 100 valence electrons. The molecule has 1 aromatic carbocycles. The lowest BCUT2D eigenvalue weighted by molar-refractivity contribution is -0.121. The summed E-state index contributed by atoms with van der Waals surface area (Å²) >= 11 is 0. The Bertz CT molecular complexity index is 421. The van der Waals surface area contributed by atoms with Crippen molar-refractivity contribution in [1.29, 1.82) is 0 Å². The molecular formula is C13H18F2N2O. The second kappa shape index (κ2) is 6.33. The smallest absolute Gasteiger partial charge is 0.242 e. The number of hydrogen-bond donors (Lipinski definition) is 2. The Morgan fingerprint density at radius 1 is 1.22 bits per heavy atom. The Morgan fingerprint density at radius 2 is 1.89 bits per heavy atom. The zero-order valence-electron chi connectivity index (χ0n) is 10.8. The van der Waals surface area contributed by atoms with Gasteiger partial charge in [0.15, 0.2) is 11.6 Å². The third-order valence-electron chi connectivity index (χ3n) is 2.38. The van der Waals surface area contributed by atoms with Crippen molar-refractivity contribution in [3.05, 3.63) is 29.8 Å². The van der Waals surface area contributed by atoms with Gasteiger partial charge in [-0.05, 0) is 25.0 Å². The quantitative estimate of drug-likeness (QED) is 0.850. The third kappa shape index (κ3) is 4.31. The standard InChI is InChI=1S/C13H18F2N2O/c1-8(2)7-16-13(18)9(3)17-10-4-5-11(14)12(15)6-10/h4-6,8-9,17H,7H2,1-3H3,(H,16,18). The van der Waals surface area contributed by atoms with Gasteiger partial charge in [0.1, 0.15) is 6.04 Å². The number of hydrogen-bond acceptors (Lipinski definition) is 2. The molecule has 5 heteroatoms. The first-order valence-electron chi connectivity index (χ1n) is 5.89. The minimum atomic E-state index is -0.935. The van der Waals surface area contributed by atoms with Gasteiger partial charge in [-0.1, -0.05) is 13.8 Å². The van der Waals surface area contributed by atoms with Crippen LogP contribution in [0.3, 0.4) is 0 Å². The number of nitrogens with one attached hydrogen (secondary N) is 2. The summed E-state index contributed by atoms with van der Waals surface area (Å²) in [5, 5.41) is 5.57. The van der Waals surface area contributed by atoms with Crippen LogP contribution >= 0.6 is 0 Å². The molecule has 18 heavy (non-hydrogen) atoms. The van der Waals surface area contributed by atoms with Gasteiger partial charge in [0, 0.05) is 18.3 Å². The van der Waals surface area contributed by atoms with Gasteiger partial charge in [0.05, 0.1) is 0 Å². The first-order valence-corrected chi connectivity index (χ1v) is 5.89. The van der Waals surface area contributed by atoms with E-state index >= 15 is 0 Å². The maximum Gasteiger partial charge on any atom is 0.242 e. The highest BCUT2D eigenvalue weighted by Gasteiger charge is 2.13. The Balaban J connectivity index is 2.55. The fourth-order valence-electron chi connectivity index (χ4n) is 1.36. The predicted octanol–water partition coefficient (Wildman–Crippen LogP) is 2.54. The van der Waals surface area contributed by atoms with E-state index < -0.39 is 17.7 Å². The molecule has 0 saturated carbocycles. The molecule has 1 rings (SSSR count). The van der Waals surface area contributed by atoms with Crippen LogP contribution in [0.2, 0.25) is 0 Å². The average molecular weight is 256 g/mol. The van der Waals surface area contributed by atoms with E-state index in [0.29, 0.717) is 18.2 Å². The van der Waals surface area contributed by atoms with Gasteiger partial charge in [0.2, 0.25) is 5.91 Å². The summed E-state index contributed by atoms with van der Waals surface area (Å²) in [5.74, 6) is -1.65. The lowest BCUT2D eigenvalue weighted by Gasteiger charge is -2.16. The first kappa shape index (κ1) is 14.4. The molecule has 0 heterocycles. The number of rotatable bonds is 5. The highest BCUT2D eigenvalue weighted by atomic mass is 19.2. The summed E-state index contributed by atoms with van der Waals surface area (Å²) in [5.41, 5.74) is 0.376. The van der Waals surface area contributed by atoms with Gasteiger partial charge in [-0.15, -0.1) is 0 Å². The van der Waals surface area contributed by atoms with Crippen LogP contribution in [-0.2, 0) is 4.79 Å². The van der Waals surface area contributed by atoms with Crippen molar-refractivity contribution in [2.75, 3.05) is 11.9 Å². The highest BCUT2D eigenvalue weighted by molar-refractivity contribution is 5.84. The molecule has 0 fully saturated rings. The van der Waals surface area contributed by atoms with E-state index in [1.54, 1.807) is 6.92 Å². The summed E-state index contributed by atoms with van der Waals surface area (Å²) in [6.45, 7) is 6.24. The fraction of sp³-hybridized carbons (Fsp3) is 0.462. The molecule has 1 unspecified atom stereocenters. The van der Waals surface area contributed by atoms with Crippen LogP contribution in [0.25, 0.3) is 0 Å². The van der Waals surface area contributed by atoms with E-state index in [2.05, 4.69) is 10.6 Å². The molecule has 2 N–H and O–H groups in total. The predicted molar refractivity (Wildman–Crippen MR) is 67.3 cm³/mol. The van der Waals surface area contributed by atoms with Crippen molar-refractivity contribution < 1.29 is 13.6 Å². The van der Waals surface area contributed by atoms with E-state index in [4.69, 9.17) is 0 Å². The third-order valence-corrected chi connectivity index (χ3v) is 2.38. The minimum absolute atomic E-state index is 0.173. The van der Waals surface area contributed by atoms with Crippen molar-refractivity contribution in [3.63, 3.8) is 0 Å². The molecular weight excluding hydrogens is 238 g/mol. The van der Waals surface area contributed by atoms with Crippen LogP contribution in [0.1, 0.15) is 20.8 Å². The van der Waals surface area contributed by atoms with Crippen LogP contribution in [0, 0.1) is 17.6 Å². The van der Waals surface area contributed by atoms with Crippen molar-refractivity contribution in [1.82, 2.24) is 5.32 Å². The molecule has 3 nitrogen and oxygen atoms in total. The van der Waals surface area contributed by atoms with E-state index in [0.717, 1.165) is 12.1 Å². The maximum absolute atomic E-state index is 13.0. The summed E-state index contributed by atoms with van der Waals surface area (Å²) in [6.07, 6.45) is 0. The number of anilines is 1. The Morgan fingerprint density at radius 3 is 2.44 bits per heavy atom. The van der Waals surface area contributed by atoms with Crippen LogP contribution in [0.15, 0.2) is 18.2 Å². The maximum atomic E-state index is 13.0. The van der Waals surface area contributed by atoms with Crippen LogP contribution in [-0.4, -0.2) is 18.5 Å². The lowest BCUT2D eigenvalue weighted by Crippen LogP contribution is -2.39. The number of halogens is 2. The monoisotopic (exact) mass is 256 g/mol. The molecule has 0 aliphatic carbocycles. The zero-order chi connectivity index (χ0) is 13.7. The first-order chi connectivity index (χ1) is 8.40. The molecule has 1 atom stereocenters. The summed E-state index contributed by atoms with van der Waals surface area (Å²) in [4.78, 5) is 11.7. The van der Waals surface area contributed by atoms with E-state index in [-0.39, 0.29) is 5.91 Å². The normalized spacial score (nSPS) is 12.3. The lowest BCUT2D eigenvalue weighted by atomic mass is 10.2. The molecule has 0 aromatic heterocycles. The minimum Gasteiger partial charge on any atom is -0.374 e. The SMILES string of the molecule is CC(C)CNC(=O)C(C)Nc1ccc(F)c(F)c1. The van der Waals surface area contributed by atoms with Gasteiger partial charge in [-0.3, -0.25) is 4.79 Å². The molecule has 0 aliphatic heterocycles. The average Bonchev–Trinajstić information content (AvgIpc) is 2.30. The second-order valence-electron chi connectivity index (χ2n) is 4.63. The van der Waals surface area contributed by atoms with Crippen molar-refractivity contribution >= 4 is 11.6 Å². The summed E-state index contributed by atoms with van der Waals surface area (Å²) in [7, 11) is 0. The van der Waals surface area contributed by atoms with Gasteiger partial charge >= 0.3 is 0 Å². The van der Waals surface area contributed by atoms with Crippen molar-refractivity contribution in [2.45, 2.75) is 26.8 Å². The largest absolute Gasteiger partial charge is 0.374 e. The molecule has 1 amide bonds. The van der Waals surface area contributed by atoms with E-state index in [9.17, 15) is 13.6 Å². The van der Waals surface area contributed by atoms with Gasteiger partial charge in [-0.2, -0.15) is 0 Å². The molecule has 1 aromatic rings. The number of carbonyl (C=O) groups excluding carboxylic acids is 1. The van der Waals surface area contributed by atoms with Crippen LogP contribution in [0.5, 0.6) is 0 Å².